The quantitative estimate of drug-likeness (QED) is 0.850. The summed E-state index contributed by atoms with van der Waals surface area (Å²) in [6, 6.07) is 7.72. The molecule has 2 N–H and O–H groups in total. The molecule has 1 aromatic carbocycles. The summed E-state index contributed by atoms with van der Waals surface area (Å²) in [6.07, 6.45) is 2.08. The Morgan fingerprint density at radius 1 is 1.35 bits per heavy atom. The molecule has 0 saturated heterocycles. The van der Waals surface area contributed by atoms with E-state index in [1.54, 1.807) is 14.0 Å². The molecule has 2 amide bonds. The zero-order valence-corrected chi connectivity index (χ0v) is 13.3. The highest BCUT2D eigenvalue weighted by atomic mass is 16.5. The molecule has 0 spiro atoms. The summed E-state index contributed by atoms with van der Waals surface area (Å²) in [5.41, 5.74) is 1.13. The van der Waals surface area contributed by atoms with Gasteiger partial charge in [-0.2, -0.15) is 4.98 Å². The van der Waals surface area contributed by atoms with Crippen LogP contribution in [0.15, 0.2) is 28.8 Å². The van der Waals surface area contributed by atoms with Crippen molar-refractivity contribution in [2.75, 3.05) is 13.7 Å². The molecule has 0 atom stereocenters. The summed E-state index contributed by atoms with van der Waals surface area (Å²) in [4.78, 5) is 16.0. The van der Waals surface area contributed by atoms with Crippen molar-refractivity contribution in [1.82, 2.24) is 20.8 Å². The Morgan fingerprint density at radius 2 is 2.13 bits per heavy atom. The normalized spacial score (nSPS) is 15.0. The van der Waals surface area contributed by atoms with E-state index in [1.165, 1.54) is 0 Å². The SMILES string of the molecule is COc1ccccc1C1(CNC(=O)NCc2noc(C)n2)CC1. The van der Waals surface area contributed by atoms with Crippen LogP contribution in [0, 0.1) is 6.92 Å². The Hall–Kier alpha value is -2.57. The van der Waals surface area contributed by atoms with Crippen LogP contribution in [0.25, 0.3) is 0 Å². The van der Waals surface area contributed by atoms with Crippen LogP contribution in [-0.2, 0) is 12.0 Å². The number of nitrogens with one attached hydrogen (secondary N) is 2. The highest BCUT2D eigenvalue weighted by molar-refractivity contribution is 5.74. The van der Waals surface area contributed by atoms with Gasteiger partial charge < -0.3 is 19.9 Å². The fraction of sp³-hybridized carbons (Fsp3) is 0.438. The molecule has 0 bridgehead atoms. The Labute approximate surface area is 134 Å². The summed E-state index contributed by atoms with van der Waals surface area (Å²) < 4.78 is 10.3. The van der Waals surface area contributed by atoms with Gasteiger partial charge in [0, 0.05) is 24.4 Å². The molecule has 0 aliphatic heterocycles. The van der Waals surface area contributed by atoms with Crippen molar-refractivity contribution >= 4 is 6.03 Å². The van der Waals surface area contributed by atoms with Crippen molar-refractivity contribution in [2.45, 2.75) is 31.7 Å². The molecule has 1 heterocycles. The van der Waals surface area contributed by atoms with Crippen molar-refractivity contribution in [3.63, 3.8) is 0 Å². The van der Waals surface area contributed by atoms with E-state index in [9.17, 15) is 4.79 Å². The number of carbonyl (C=O) groups excluding carboxylic acids is 1. The van der Waals surface area contributed by atoms with Gasteiger partial charge >= 0.3 is 6.03 Å². The zero-order chi connectivity index (χ0) is 16.3. The van der Waals surface area contributed by atoms with E-state index >= 15 is 0 Å². The second-order valence-electron chi connectivity index (χ2n) is 5.75. The lowest BCUT2D eigenvalue weighted by Crippen LogP contribution is -2.39. The van der Waals surface area contributed by atoms with Crippen LogP contribution in [0.4, 0.5) is 4.79 Å². The Balaban J connectivity index is 1.54. The second kappa shape index (κ2) is 6.28. The maximum Gasteiger partial charge on any atom is 0.315 e. The van der Waals surface area contributed by atoms with Crippen molar-refractivity contribution in [3.05, 3.63) is 41.5 Å². The van der Waals surface area contributed by atoms with Gasteiger partial charge in [-0.3, -0.25) is 0 Å². The summed E-state index contributed by atoms with van der Waals surface area (Å²) in [5.74, 6) is 1.81. The molecular weight excluding hydrogens is 296 g/mol. The molecule has 3 rings (SSSR count). The monoisotopic (exact) mass is 316 g/mol. The predicted octanol–water partition coefficient (Wildman–Crippen LogP) is 1.92. The molecule has 7 heteroatoms. The number of hydrogen-bond donors (Lipinski definition) is 2. The van der Waals surface area contributed by atoms with Crippen molar-refractivity contribution in [1.29, 1.82) is 0 Å². The van der Waals surface area contributed by atoms with Crippen LogP contribution in [0.5, 0.6) is 5.75 Å². The first-order valence-corrected chi connectivity index (χ1v) is 7.57. The maximum atomic E-state index is 11.9. The molecule has 1 fully saturated rings. The van der Waals surface area contributed by atoms with E-state index in [2.05, 4.69) is 26.8 Å². The molecule has 7 nitrogen and oxygen atoms in total. The maximum absolute atomic E-state index is 11.9. The third-order valence-corrected chi connectivity index (χ3v) is 4.10. The first-order chi connectivity index (χ1) is 11.1. The standard InChI is InChI=1S/C16H20N4O3/c1-11-19-14(20-23-11)9-17-15(21)18-10-16(7-8-16)12-5-3-4-6-13(12)22-2/h3-6H,7-10H2,1-2H3,(H2,17,18,21). The van der Waals surface area contributed by atoms with Crippen LogP contribution < -0.4 is 15.4 Å². The lowest BCUT2D eigenvalue weighted by molar-refractivity contribution is 0.239. The number of nitrogens with zero attached hydrogens (tertiary/aromatic N) is 2. The Bertz CT molecular complexity index is 694. The van der Waals surface area contributed by atoms with Gasteiger partial charge in [0.15, 0.2) is 5.82 Å². The fourth-order valence-electron chi connectivity index (χ4n) is 2.66. The number of aromatic nitrogens is 2. The second-order valence-corrected chi connectivity index (χ2v) is 5.75. The van der Waals surface area contributed by atoms with Crippen LogP contribution in [0.1, 0.15) is 30.1 Å². The fourth-order valence-corrected chi connectivity index (χ4v) is 2.66. The Kier molecular flexibility index (Phi) is 4.18. The lowest BCUT2D eigenvalue weighted by Gasteiger charge is -2.19. The molecule has 0 radical (unpaired) electrons. The third kappa shape index (κ3) is 3.44. The first-order valence-electron chi connectivity index (χ1n) is 7.57. The molecule has 1 aliphatic carbocycles. The largest absolute Gasteiger partial charge is 0.496 e. The summed E-state index contributed by atoms with van der Waals surface area (Å²) in [6.45, 7) is 2.52. The van der Waals surface area contributed by atoms with E-state index in [4.69, 9.17) is 9.26 Å². The minimum atomic E-state index is -0.242. The van der Waals surface area contributed by atoms with Crippen molar-refractivity contribution in [2.24, 2.45) is 0 Å². The van der Waals surface area contributed by atoms with Gasteiger partial charge in [-0.05, 0) is 18.9 Å². The summed E-state index contributed by atoms with van der Waals surface area (Å²) >= 11 is 0. The summed E-state index contributed by atoms with van der Waals surface area (Å²) in [5, 5.41) is 9.38. The number of rotatable bonds is 6. The van der Waals surface area contributed by atoms with Crippen LogP contribution >= 0.6 is 0 Å². The first kappa shape index (κ1) is 15.3. The number of ether oxygens (including phenoxy) is 1. The molecule has 122 valence electrons. The lowest BCUT2D eigenvalue weighted by atomic mass is 9.95. The number of aryl methyl sites for hydroxylation is 1. The minimum Gasteiger partial charge on any atom is -0.496 e. The average Bonchev–Trinajstić information content (AvgIpc) is 3.25. The Morgan fingerprint density at radius 3 is 2.78 bits per heavy atom. The van der Waals surface area contributed by atoms with Gasteiger partial charge in [-0.15, -0.1) is 0 Å². The van der Waals surface area contributed by atoms with E-state index in [0.717, 1.165) is 24.2 Å². The van der Waals surface area contributed by atoms with Crippen LogP contribution in [-0.4, -0.2) is 29.8 Å². The number of carbonyl (C=O) groups is 1. The number of methoxy groups -OCH3 is 1. The number of hydrogen-bond acceptors (Lipinski definition) is 5. The predicted molar refractivity (Wildman–Crippen MR) is 83.2 cm³/mol. The minimum absolute atomic E-state index is 0.0212. The number of para-hydroxylation sites is 1. The zero-order valence-electron chi connectivity index (χ0n) is 13.3. The highest BCUT2D eigenvalue weighted by Crippen LogP contribution is 2.50. The molecule has 1 aliphatic rings. The van der Waals surface area contributed by atoms with E-state index < -0.39 is 0 Å². The van der Waals surface area contributed by atoms with Crippen LogP contribution in [0.3, 0.4) is 0 Å². The number of benzene rings is 1. The van der Waals surface area contributed by atoms with E-state index in [-0.39, 0.29) is 18.0 Å². The molecule has 2 aromatic rings. The molecule has 1 saturated carbocycles. The average molecular weight is 316 g/mol. The molecular formula is C16H20N4O3. The molecule has 0 unspecified atom stereocenters. The van der Waals surface area contributed by atoms with Crippen molar-refractivity contribution < 1.29 is 14.1 Å². The highest BCUT2D eigenvalue weighted by Gasteiger charge is 2.46. The topological polar surface area (TPSA) is 89.3 Å². The van der Waals surface area contributed by atoms with Gasteiger partial charge in [-0.1, -0.05) is 23.4 Å². The number of amides is 2. The smallest absolute Gasteiger partial charge is 0.315 e. The number of urea groups is 1. The van der Waals surface area contributed by atoms with Crippen molar-refractivity contribution in [3.8, 4) is 5.75 Å². The van der Waals surface area contributed by atoms with Crippen LogP contribution in [0.2, 0.25) is 0 Å². The van der Waals surface area contributed by atoms with Gasteiger partial charge in [-0.25, -0.2) is 4.79 Å². The molecule has 23 heavy (non-hydrogen) atoms. The van der Waals surface area contributed by atoms with Gasteiger partial charge in [0.2, 0.25) is 5.89 Å². The van der Waals surface area contributed by atoms with Gasteiger partial charge in [0.1, 0.15) is 5.75 Å². The van der Waals surface area contributed by atoms with E-state index in [0.29, 0.717) is 18.3 Å². The summed E-state index contributed by atoms with van der Waals surface area (Å²) in [7, 11) is 1.67. The van der Waals surface area contributed by atoms with E-state index in [1.807, 2.05) is 18.2 Å². The van der Waals surface area contributed by atoms with Gasteiger partial charge in [0.05, 0.1) is 13.7 Å². The van der Waals surface area contributed by atoms with Gasteiger partial charge in [0.25, 0.3) is 0 Å². The molecule has 1 aromatic heterocycles. The third-order valence-electron chi connectivity index (χ3n) is 4.10.